The van der Waals surface area contributed by atoms with Gasteiger partial charge in [0.25, 0.3) is 0 Å². The summed E-state index contributed by atoms with van der Waals surface area (Å²) in [5.41, 5.74) is 1.84. The van der Waals surface area contributed by atoms with E-state index >= 15 is 0 Å². The molecule has 4 fully saturated rings. The Morgan fingerprint density at radius 2 is 1.76 bits per heavy atom. The SMILES string of the molecule is CCC(/C=C/[C@@H](C)[C@H]1CC[C@H]2[C@@H]3C=CC45CC4CC[C@]5(C)[C@H]3CC[C@]12C)C(C)C. The number of allylic oxidation sites excluding steroid dienone is 4. The van der Waals surface area contributed by atoms with Crippen LogP contribution in [0.15, 0.2) is 24.3 Å². The zero-order chi connectivity index (χ0) is 20.6. The fourth-order valence-electron chi connectivity index (χ4n) is 9.72. The van der Waals surface area contributed by atoms with Gasteiger partial charge in [0.15, 0.2) is 0 Å². The van der Waals surface area contributed by atoms with E-state index in [0.717, 1.165) is 47.3 Å². The molecule has 1 spiro atoms. The average molecular weight is 395 g/mol. The van der Waals surface area contributed by atoms with Gasteiger partial charge >= 0.3 is 0 Å². The second kappa shape index (κ2) is 6.74. The van der Waals surface area contributed by atoms with Gasteiger partial charge in [0.2, 0.25) is 0 Å². The van der Waals surface area contributed by atoms with Crippen molar-refractivity contribution in [2.45, 2.75) is 92.9 Å². The van der Waals surface area contributed by atoms with Crippen molar-refractivity contribution < 1.29 is 0 Å². The van der Waals surface area contributed by atoms with Gasteiger partial charge in [-0.25, -0.2) is 0 Å². The van der Waals surface area contributed by atoms with Gasteiger partial charge in [-0.05, 0) is 115 Å². The molecule has 0 aromatic carbocycles. The first-order chi connectivity index (χ1) is 13.8. The van der Waals surface area contributed by atoms with E-state index in [1.54, 1.807) is 0 Å². The normalized spacial score (nSPS) is 52.2. The van der Waals surface area contributed by atoms with Gasteiger partial charge in [-0.3, -0.25) is 0 Å². The summed E-state index contributed by atoms with van der Waals surface area (Å²) in [6.07, 6.45) is 22.5. The molecule has 0 N–H and O–H groups in total. The van der Waals surface area contributed by atoms with Crippen LogP contribution < -0.4 is 0 Å². The van der Waals surface area contributed by atoms with Crippen molar-refractivity contribution in [3.05, 3.63) is 24.3 Å². The highest BCUT2D eigenvalue weighted by Gasteiger charge is 2.72. The van der Waals surface area contributed by atoms with Crippen LogP contribution in [0.2, 0.25) is 0 Å². The van der Waals surface area contributed by atoms with Crippen molar-refractivity contribution in [2.24, 2.45) is 63.6 Å². The summed E-state index contributed by atoms with van der Waals surface area (Å²) in [4.78, 5) is 0. The summed E-state index contributed by atoms with van der Waals surface area (Å²) in [6.45, 7) is 15.1. The largest absolute Gasteiger partial charge is 0.0851 e. The fourth-order valence-corrected chi connectivity index (χ4v) is 9.72. The first kappa shape index (κ1) is 20.4. The van der Waals surface area contributed by atoms with Crippen molar-refractivity contribution in [3.8, 4) is 0 Å². The van der Waals surface area contributed by atoms with E-state index < -0.39 is 0 Å². The fraction of sp³-hybridized carbons (Fsp3) is 0.862. The monoisotopic (exact) mass is 394 g/mol. The predicted octanol–water partition coefficient (Wildman–Crippen LogP) is 8.30. The van der Waals surface area contributed by atoms with Crippen molar-refractivity contribution in [1.29, 1.82) is 0 Å². The first-order valence-electron chi connectivity index (χ1n) is 13.1. The molecule has 0 heterocycles. The molecule has 5 rings (SSSR count). The molecule has 0 aliphatic heterocycles. The maximum Gasteiger partial charge on any atom is -0.00300 e. The molecule has 0 amide bonds. The molecule has 0 aromatic heterocycles. The Hall–Kier alpha value is -0.520. The van der Waals surface area contributed by atoms with Crippen LogP contribution in [-0.4, -0.2) is 0 Å². The molecule has 0 radical (unpaired) electrons. The maximum atomic E-state index is 2.77. The van der Waals surface area contributed by atoms with E-state index in [0.29, 0.717) is 16.2 Å². The second-order valence-corrected chi connectivity index (χ2v) is 12.8. The number of fused-ring (bicyclic) bond motifs is 4. The van der Waals surface area contributed by atoms with Crippen molar-refractivity contribution in [3.63, 3.8) is 0 Å². The minimum atomic E-state index is 0.567. The third-order valence-electron chi connectivity index (χ3n) is 11.7. The highest BCUT2D eigenvalue weighted by molar-refractivity contribution is 5.32. The molecule has 0 aromatic rings. The lowest BCUT2D eigenvalue weighted by Gasteiger charge is -2.57. The molecule has 4 saturated carbocycles. The Morgan fingerprint density at radius 3 is 2.45 bits per heavy atom. The van der Waals surface area contributed by atoms with Crippen LogP contribution in [0.4, 0.5) is 0 Å². The maximum absolute atomic E-state index is 2.77. The highest BCUT2D eigenvalue weighted by atomic mass is 14.8. The molecular weight excluding hydrogens is 348 g/mol. The average Bonchev–Trinajstić information content (AvgIpc) is 3.16. The smallest absolute Gasteiger partial charge is 0.00300 e. The zero-order valence-electron chi connectivity index (χ0n) is 20.1. The molecule has 162 valence electrons. The molecule has 0 heteroatoms. The Kier molecular flexibility index (Phi) is 4.74. The van der Waals surface area contributed by atoms with E-state index in [1.807, 2.05) is 0 Å². The van der Waals surface area contributed by atoms with E-state index in [-0.39, 0.29) is 0 Å². The van der Waals surface area contributed by atoms with Crippen molar-refractivity contribution in [1.82, 2.24) is 0 Å². The topological polar surface area (TPSA) is 0 Å². The van der Waals surface area contributed by atoms with Gasteiger partial charge in [0.1, 0.15) is 0 Å². The third-order valence-corrected chi connectivity index (χ3v) is 11.7. The highest BCUT2D eigenvalue weighted by Crippen LogP contribution is 2.80. The number of hydrogen-bond acceptors (Lipinski definition) is 0. The molecule has 0 saturated heterocycles. The summed E-state index contributed by atoms with van der Waals surface area (Å²) in [5, 5.41) is 0. The molecule has 5 aliphatic carbocycles. The van der Waals surface area contributed by atoms with E-state index in [2.05, 4.69) is 65.8 Å². The number of rotatable bonds is 5. The molecule has 5 aliphatic rings. The van der Waals surface area contributed by atoms with Crippen molar-refractivity contribution >= 4 is 0 Å². The van der Waals surface area contributed by atoms with Gasteiger partial charge in [0, 0.05) is 0 Å². The summed E-state index contributed by atoms with van der Waals surface area (Å²) in [5.74, 6) is 7.00. The molecule has 29 heavy (non-hydrogen) atoms. The van der Waals surface area contributed by atoms with E-state index in [4.69, 9.17) is 0 Å². The van der Waals surface area contributed by atoms with Gasteiger partial charge in [-0.1, -0.05) is 65.8 Å². The molecule has 10 atom stereocenters. The van der Waals surface area contributed by atoms with Crippen LogP contribution in [0, 0.1) is 63.6 Å². The number of hydrogen-bond donors (Lipinski definition) is 0. The minimum absolute atomic E-state index is 0.567. The quantitative estimate of drug-likeness (QED) is 0.411. The summed E-state index contributed by atoms with van der Waals surface area (Å²) in [7, 11) is 0. The van der Waals surface area contributed by atoms with Crippen LogP contribution in [0.1, 0.15) is 92.9 Å². The Labute approximate surface area is 181 Å². The van der Waals surface area contributed by atoms with Crippen LogP contribution in [-0.2, 0) is 0 Å². The van der Waals surface area contributed by atoms with Crippen LogP contribution >= 0.6 is 0 Å². The van der Waals surface area contributed by atoms with Crippen LogP contribution in [0.3, 0.4) is 0 Å². The van der Waals surface area contributed by atoms with Crippen LogP contribution in [0.5, 0.6) is 0 Å². The first-order valence-corrected chi connectivity index (χ1v) is 13.1. The Bertz CT molecular complexity index is 699. The molecule has 3 unspecified atom stereocenters. The Morgan fingerprint density at radius 1 is 0.966 bits per heavy atom. The molecule has 0 bridgehead atoms. The van der Waals surface area contributed by atoms with Crippen molar-refractivity contribution in [2.75, 3.05) is 0 Å². The third kappa shape index (κ3) is 2.69. The summed E-state index contributed by atoms with van der Waals surface area (Å²) >= 11 is 0. The summed E-state index contributed by atoms with van der Waals surface area (Å²) in [6, 6.07) is 0. The lowest BCUT2D eigenvalue weighted by atomic mass is 9.48. The van der Waals surface area contributed by atoms with Gasteiger partial charge in [0.05, 0.1) is 0 Å². The summed E-state index contributed by atoms with van der Waals surface area (Å²) < 4.78 is 0. The molecule has 0 nitrogen and oxygen atoms in total. The molecular formula is C29H46. The van der Waals surface area contributed by atoms with E-state index in [9.17, 15) is 0 Å². The zero-order valence-corrected chi connectivity index (χ0v) is 20.1. The van der Waals surface area contributed by atoms with E-state index in [1.165, 1.54) is 51.4 Å². The van der Waals surface area contributed by atoms with Crippen LogP contribution in [0.25, 0.3) is 0 Å². The lowest BCUT2D eigenvalue weighted by molar-refractivity contribution is -0.0501. The van der Waals surface area contributed by atoms with Gasteiger partial charge < -0.3 is 0 Å². The standard InChI is InChI=1S/C29H46/c1-7-21(19(2)3)9-8-20(4)24-10-11-25-23-13-17-29-18-22(29)12-16-28(29,6)26(23)14-15-27(24,25)5/h8-9,13,17,19-26H,7,10-12,14-16,18H2,1-6H3/b9-8+/t20-,21?,22?,23+,24-,25+,26+,27-,28-,29?/m1/s1. The minimum Gasteiger partial charge on any atom is -0.0851 e. The predicted molar refractivity (Wildman–Crippen MR) is 124 cm³/mol. The lowest BCUT2D eigenvalue weighted by Crippen LogP contribution is -2.50. The van der Waals surface area contributed by atoms with Gasteiger partial charge in [-0.2, -0.15) is 0 Å². The second-order valence-electron chi connectivity index (χ2n) is 12.8. The Balaban J connectivity index is 1.36. The van der Waals surface area contributed by atoms with Gasteiger partial charge in [-0.15, -0.1) is 0 Å².